The Morgan fingerprint density at radius 2 is 1.50 bits per heavy atom. The Hall–Kier alpha value is -1.64. The molecule has 5 atom stereocenters. The van der Waals surface area contributed by atoms with E-state index in [1.165, 1.54) is 42.4 Å². The van der Waals surface area contributed by atoms with E-state index in [9.17, 15) is 0 Å². The number of aryl methyl sites for hydroxylation is 1. The van der Waals surface area contributed by atoms with E-state index < -0.39 is 0 Å². The maximum absolute atomic E-state index is 6.90. The molecule has 1 spiro atoms. The highest BCUT2D eigenvalue weighted by molar-refractivity contribution is 5.28. The third-order valence-electron chi connectivity index (χ3n) is 6.95. The molecule has 1 aliphatic carbocycles. The maximum Gasteiger partial charge on any atom is 0.0890 e. The van der Waals surface area contributed by atoms with Crippen molar-refractivity contribution in [2.45, 2.75) is 56.8 Å². The summed E-state index contributed by atoms with van der Waals surface area (Å²) in [5, 5.41) is 0. The highest BCUT2D eigenvalue weighted by Gasteiger charge is 2.60. The van der Waals surface area contributed by atoms with E-state index in [0.717, 1.165) is 13.0 Å². The minimum Gasteiger partial charge on any atom is -0.374 e. The standard InChI is InChI=1S/C24H28O2/c1-17-10-12-19(13-11-17)23-20-9-5-6-15-24(20)21(14-16-25-24)22(26-23)18-7-3-2-4-8-18/h2-4,7-8,10-13,20-23H,5-6,9,14-16H2,1H3/t20-,21-,22+,23-,24+/m1/s1. The fraction of sp³-hybridized carbons (Fsp3) is 0.500. The van der Waals surface area contributed by atoms with E-state index in [0.29, 0.717) is 11.8 Å². The van der Waals surface area contributed by atoms with Crippen LogP contribution in [0.1, 0.15) is 61.0 Å². The Bertz CT molecular complexity index is 754. The van der Waals surface area contributed by atoms with Gasteiger partial charge in [0.05, 0.1) is 17.8 Å². The summed E-state index contributed by atoms with van der Waals surface area (Å²) in [6, 6.07) is 19.8. The lowest BCUT2D eigenvalue weighted by atomic mass is 9.61. The summed E-state index contributed by atoms with van der Waals surface area (Å²) >= 11 is 0. The smallest absolute Gasteiger partial charge is 0.0890 e. The topological polar surface area (TPSA) is 18.5 Å². The van der Waals surface area contributed by atoms with Gasteiger partial charge >= 0.3 is 0 Å². The highest BCUT2D eigenvalue weighted by Crippen LogP contribution is 2.61. The minimum absolute atomic E-state index is 0.00651. The quantitative estimate of drug-likeness (QED) is 0.685. The van der Waals surface area contributed by atoms with Crippen LogP contribution in [0.4, 0.5) is 0 Å². The van der Waals surface area contributed by atoms with Crippen LogP contribution in [0.15, 0.2) is 54.6 Å². The van der Waals surface area contributed by atoms with Gasteiger partial charge in [0.1, 0.15) is 0 Å². The fourth-order valence-electron chi connectivity index (χ4n) is 5.75. The van der Waals surface area contributed by atoms with E-state index in [2.05, 4.69) is 61.5 Å². The van der Waals surface area contributed by atoms with Crippen LogP contribution in [-0.2, 0) is 9.47 Å². The van der Waals surface area contributed by atoms with Crippen molar-refractivity contribution in [3.8, 4) is 0 Å². The first-order valence-corrected chi connectivity index (χ1v) is 10.2. The van der Waals surface area contributed by atoms with Gasteiger partial charge in [0.15, 0.2) is 0 Å². The van der Waals surface area contributed by atoms with Crippen LogP contribution in [0.25, 0.3) is 0 Å². The lowest BCUT2D eigenvalue weighted by molar-refractivity contribution is -0.229. The van der Waals surface area contributed by atoms with Crippen LogP contribution in [0.3, 0.4) is 0 Å². The lowest BCUT2D eigenvalue weighted by Gasteiger charge is -2.54. The third-order valence-corrected chi connectivity index (χ3v) is 6.95. The molecule has 3 aliphatic rings. The van der Waals surface area contributed by atoms with Crippen LogP contribution in [0.5, 0.6) is 0 Å². The van der Waals surface area contributed by atoms with Gasteiger partial charge in [-0.2, -0.15) is 0 Å². The van der Waals surface area contributed by atoms with Gasteiger partial charge in [-0.3, -0.25) is 0 Å². The summed E-state index contributed by atoms with van der Waals surface area (Å²) in [5.74, 6) is 0.961. The molecule has 2 aliphatic heterocycles. The van der Waals surface area contributed by atoms with E-state index in [4.69, 9.17) is 9.47 Å². The van der Waals surface area contributed by atoms with E-state index in [1.54, 1.807) is 0 Å². The number of rotatable bonds is 2. The van der Waals surface area contributed by atoms with E-state index in [1.807, 2.05) is 0 Å². The molecule has 0 radical (unpaired) electrons. The summed E-state index contributed by atoms with van der Waals surface area (Å²) in [5.41, 5.74) is 3.94. The first-order chi connectivity index (χ1) is 12.8. The summed E-state index contributed by atoms with van der Waals surface area (Å²) in [7, 11) is 0. The Labute approximate surface area is 156 Å². The molecule has 2 nitrogen and oxygen atoms in total. The first kappa shape index (κ1) is 16.5. The van der Waals surface area contributed by atoms with Crippen LogP contribution < -0.4 is 0 Å². The molecule has 2 aromatic carbocycles. The molecule has 26 heavy (non-hydrogen) atoms. The largest absolute Gasteiger partial charge is 0.374 e. The van der Waals surface area contributed by atoms with Crippen molar-refractivity contribution in [3.63, 3.8) is 0 Å². The molecular weight excluding hydrogens is 320 g/mol. The summed E-state index contributed by atoms with van der Waals surface area (Å²) in [4.78, 5) is 0. The maximum atomic E-state index is 6.90. The van der Waals surface area contributed by atoms with Crippen LogP contribution in [0, 0.1) is 18.8 Å². The first-order valence-electron chi connectivity index (χ1n) is 10.2. The molecule has 5 rings (SSSR count). The fourth-order valence-corrected chi connectivity index (χ4v) is 5.75. The van der Waals surface area contributed by atoms with Gasteiger partial charge in [-0.15, -0.1) is 0 Å². The van der Waals surface area contributed by atoms with E-state index >= 15 is 0 Å². The molecule has 0 N–H and O–H groups in total. The molecule has 2 heteroatoms. The molecule has 3 fully saturated rings. The van der Waals surface area contributed by atoms with Gasteiger partial charge in [0.2, 0.25) is 0 Å². The van der Waals surface area contributed by atoms with E-state index in [-0.39, 0.29) is 17.8 Å². The van der Waals surface area contributed by atoms with Crippen molar-refractivity contribution in [3.05, 3.63) is 71.3 Å². The number of hydrogen-bond acceptors (Lipinski definition) is 2. The highest BCUT2D eigenvalue weighted by atomic mass is 16.5. The predicted molar refractivity (Wildman–Crippen MR) is 103 cm³/mol. The number of benzene rings is 2. The second-order valence-corrected chi connectivity index (χ2v) is 8.35. The normalized spacial score (nSPS) is 36.3. The van der Waals surface area contributed by atoms with Crippen LogP contribution in [-0.4, -0.2) is 12.2 Å². The molecule has 0 amide bonds. The third kappa shape index (κ3) is 2.54. The molecule has 1 saturated carbocycles. The van der Waals surface area contributed by atoms with Crippen molar-refractivity contribution in [2.24, 2.45) is 11.8 Å². The zero-order valence-electron chi connectivity index (χ0n) is 15.6. The van der Waals surface area contributed by atoms with Gasteiger partial charge in [-0.05, 0) is 37.3 Å². The Balaban J connectivity index is 1.59. The average molecular weight is 348 g/mol. The zero-order valence-corrected chi connectivity index (χ0v) is 15.6. The van der Waals surface area contributed by atoms with Crippen molar-refractivity contribution in [1.82, 2.24) is 0 Å². The molecule has 0 unspecified atom stereocenters. The van der Waals surface area contributed by atoms with Gasteiger partial charge in [0, 0.05) is 18.4 Å². The Morgan fingerprint density at radius 3 is 2.27 bits per heavy atom. The average Bonchev–Trinajstić information content (AvgIpc) is 3.11. The van der Waals surface area contributed by atoms with Crippen LogP contribution in [0.2, 0.25) is 0 Å². The Morgan fingerprint density at radius 1 is 0.808 bits per heavy atom. The van der Waals surface area contributed by atoms with Crippen molar-refractivity contribution < 1.29 is 9.47 Å². The van der Waals surface area contributed by atoms with Crippen molar-refractivity contribution in [1.29, 1.82) is 0 Å². The lowest BCUT2D eigenvalue weighted by Crippen LogP contribution is -2.54. The van der Waals surface area contributed by atoms with Gasteiger partial charge in [0.25, 0.3) is 0 Å². The summed E-state index contributed by atoms with van der Waals surface area (Å²) in [6.07, 6.45) is 6.39. The molecular formula is C24H28O2. The van der Waals surface area contributed by atoms with Crippen molar-refractivity contribution >= 4 is 0 Å². The van der Waals surface area contributed by atoms with Crippen LogP contribution >= 0.6 is 0 Å². The van der Waals surface area contributed by atoms with Crippen molar-refractivity contribution in [2.75, 3.05) is 6.61 Å². The van der Waals surface area contributed by atoms with Gasteiger partial charge in [-0.1, -0.05) is 73.0 Å². The second kappa shape index (κ2) is 6.51. The predicted octanol–water partition coefficient (Wildman–Crippen LogP) is 5.77. The molecule has 2 aromatic rings. The molecule has 136 valence electrons. The molecule has 0 aromatic heterocycles. The number of ether oxygens (including phenoxy) is 2. The van der Waals surface area contributed by atoms with Gasteiger partial charge < -0.3 is 9.47 Å². The molecule has 2 saturated heterocycles. The Kier molecular flexibility index (Phi) is 4.14. The SMILES string of the molecule is Cc1ccc([C@H]2O[C@@H](c3ccccc3)[C@H]3CCO[C@]34CCCC[C@H]24)cc1. The monoisotopic (exact) mass is 348 g/mol. The minimum atomic E-state index is 0.00651. The van der Waals surface area contributed by atoms with Gasteiger partial charge in [-0.25, -0.2) is 0 Å². The molecule has 2 heterocycles. The number of hydrogen-bond donors (Lipinski definition) is 0. The summed E-state index contributed by atoms with van der Waals surface area (Å²) in [6.45, 7) is 3.03. The molecule has 0 bridgehead atoms. The summed E-state index contributed by atoms with van der Waals surface area (Å²) < 4.78 is 13.5. The zero-order chi connectivity index (χ0) is 17.6. The second-order valence-electron chi connectivity index (χ2n) is 8.35.